The average Bonchev–Trinajstić information content (AvgIpc) is 3.10. The average molecular weight is 303 g/mol. The summed E-state index contributed by atoms with van der Waals surface area (Å²) >= 11 is 1.61. The fourth-order valence-corrected chi connectivity index (χ4v) is 2.77. The van der Waals surface area contributed by atoms with Crippen LogP contribution < -0.4 is 10.6 Å². The molecule has 0 aromatic carbocycles. The third-order valence-corrected chi connectivity index (χ3v) is 4.14. The minimum atomic E-state index is -0.323. The summed E-state index contributed by atoms with van der Waals surface area (Å²) < 4.78 is 0. The Balaban J connectivity index is 2.01. The van der Waals surface area contributed by atoms with E-state index in [2.05, 4.69) is 49.6 Å². The Morgan fingerprint density at radius 3 is 2.90 bits per heavy atom. The van der Waals surface area contributed by atoms with Gasteiger partial charge in [0.25, 0.3) is 0 Å². The molecule has 0 aliphatic rings. The van der Waals surface area contributed by atoms with E-state index in [9.17, 15) is 0 Å². The number of nitrogens with zero attached hydrogens (tertiary/aromatic N) is 4. The van der Waals surface area contributed by atoms with Gasteiger partial charge >= 0.3 is 0 Å². The Labute approximate surface area is 126 Å². The molecular formula is C13H17N7S. The highest BCUT2D eigenvalue weighted by Crippen LogP contribution is 2.29. The third-order valence-electron chi connectivity index (χ3n) is 3.04. The summed E-state index contributed by atoms with van der Waals surface area (Å²) in [7, 11) is 0. The molecule has 0 unspecified atom stereocenters. The van der Waals surface area contributed by atoms with E-state index in [0.717, 1.165) is 22.8 Å². The first kappa shape index (κ1) is 13.7. The smallest absolute Gasteiger partial charge is 0.226 e. The van der Waals surface area contributed by atoms with Gasteiger partial charge in [-0.05, 0) is 20.8 Å². The van der Waals surface area contributed by atoms with Crippen LogP contribution in [0.2, 0.25) is 0 Å². The van der Waals surface area contributed by atoms with E-state index < -0.39 is 0 Å². The van der Waals surface area contributed by atoms with E-state index in [1.807, 2.05) is 12.3 Å². The molecule has 0 amide bonds. The Morgan fingerprint density at radius 1 is 1.33 bits per heavy atom. The van der Waals surface area contributed by atoms with Crippen LogP contribution in [0.4, 0.5) is 11.8 Å². The van der Waals surface area contributed by atoms with E-state index in [1.54, 1.807) is 23.7 Å². The van der Waals surface area contributed by atoms with Crippen LogP contribution in [0.3, 0.4) is 0 Å². The first-order valence-electron chi connectivity index (χ1n) is 6.73. The van der Waals surface area contributed by atoms with Crippen molar-refractivity contribution >= 4 is 34.1 Å². The molecule has 3 aromatic heterocycles. The van der Waals surface area contributed by atoms with Crippen molar-refractivity contribution in [1.82, 2.24) is 25.1 Å². The van der Waals surface area contributed by atoms with Crippen molar-refractivity contribution in [2.75, 3.05) is 17.2 Å². The highest BCUT2D eigenvalue weighted by molar-refractivity contribution is 7.09. The van der Waals surface area contributed by atoms with Crippen LogP contribution in [0, 0.1) is 0 Å². The summed E-state index contributed by atoms with van der Waals surface area (Å²) in [4.78, 5) is 13.3. The van der Waals surface area contributed by atoms with Crippen LogP contribution in [0.5, 0.6) is 0 Å². The molecule has 0 spiro atoms. The molecule has 7 nitrogen and oxygen atoms in total. The number of hydrogen-bond donors (Lipinski definition) is 3. The standard InChI is InChI=1S/C13H17N7S/c1-4-14-12-17-9(8-7-16-20-10(8)18-12)19-13(2,3)11-15-5-6-21-11/h5-7H,4H2,1-3H3,(H3,14,16,17,18,19,20). The number of fused-ring (bicyclic) bond motifs is 1. The fourth-order valence-electron chi connectivity index (χ4n) is 2.05. The van der Waals surface area contributed by atoms with Crippen molar-refractivity contribution < 1.29 is 0 Å². The minimum absolute atomic E-state index is 0.323. The topological polar surface area (TPSA) is 91.4 Å². The second-order valence-electron chi connectivity index (χ2n) is 5.15. The Hall–Kier alpha value is -2.22. The normalized spacial score (nSPS) is 11.8. The largest absolute Gasteiger partial charge is 0.358 e. The van der Waals surface area contributed by atoms with Gasteiger partial charge in [-0.15, -0.1) is 11.3 Å². The second-order valence-corrected chi connectivity index (χ2v) is 6.04. The number of rotatable bonds is 5. The maximum atomic E-state index is 4.54. The summed E-state index contributed by atoms with van der Waals surface area (Å²) in [6.45, 7) is 6.92. The van der Waals surface area contributed by atoms with Crippen LogP contribution in [0.25, 0.3) is 11.0 Å². The van der Waals surface area contributed by atoms with Crippen molar-refractivity contribution in [3.05, 3.63) is 22.8 Å². The van der Waals surface area contributed by atoms with Crippen molar-refractivity contribution in [3.63, 3.8) is 0 Å². The number of hydrogen-bond acceptors (Lipinski definition) is 7. The first-order chi connectivity index (χ1) is 10.1. The number of anilines is 2. The highest BCUT2D eigenvalue weighted by atomic mass is 32.1. The summed E-state index contributed by atoms with van der Waals surface area (Å²) in [5.74, 6) is 1.32. The molecule has 0 radical (unpaired) electrons. The van der Waals surface area contributed by atoms with Gasteiger partial charge in [0.2, 0.25) is 5.95 Å². The van der Waals surface area contributed by atoms with Gasteiger partial charge in [-0.3, -0.25) is 5.10 Å². The molecule has 3 aromatic rings. The van der Waals surface area contributed by atoms with Crippen LogP contribution >= 0.6 is 11.3 Å². The molecular weight excluding hydrogens is 286 g/mol. The lowest BCUT2D eigenvalue weighted by Crippen LogP contribution is -2.28. The van der Waals surface area contributed by atoms with Crippen LogP contribution in [-0.2, 0) is 5.54 Å². The molecule has 0 fully saturated rings. The summed E-state index contributed by atoms with van der Waals surface area (Å²) in [6, 6.07) is 0. The molecule has 3 heterocycles. The third kappa shape index (κ3) is 2.66. The lowest BCUT2D eigenvalue weighted by molar-refractivity contribution is 0.602. The maximum Gasteiger partial charge on any atom is 0.226 e. The maximum absolute atomic E-state index is 4.54. The molecule has 0 saturated heterocycles. The van der Waals surface area contributed by atoms with E-state index in [4.69, 9.17) is 0 Å². The van der Waals surface area contributed by atoms with Gasteiger partial charge in [-0.2, -0.15) is 15.1 Å². The monoisotopic (exact) mass is 303 g/mol. The predicted molar refractivity (Wildman–Crippen MR) is 84.6 cm³/mol. The summed E-state index contributed by atoms with van der Waals surface area (Å²) in [6.07, 6.45) is 3.53. The second kappa shape index (κ2) is 5.28. The van der Waals surface area contributed by atoms with Crippen LogP contribution in [0.15, 0.2) is 17.8 Å². The number of nitrogens with one attached hydrogen (secondary N) is 3. The molecule has 21 heavy (non-hydrogen) atoms. The van der Waals surface area contributed by atoms with E-state index in [0.29, 0.717) is 11.6 Å². The fraction of sp³-hybridized carbons (Fsp3) is 0.385. The van der Waals surface area contributed by atoms with E-state index in [-0.39, 0.29) is 5.54 Å². The lowest BCUT2D eigenvalue weighted by Gasteiger charge is -2.25. The molecule has 0 saturated carbocycles. The molecule has 0 aliphatic carbocycles. The molecule has 3 rings (SSSR count). The van der Waals surface area contributed by atoms with Gasteiger partial charge < -0.3 is 10.6 Å². The van der Waals surface area contributed by atoms with Gasteiger partial charge in [0.05, 0.1) is 17.1 Å². The molecule has 0 bridgehead atoms. The zero-order valence-electron chi connectivity index (χ0n) is 12.1. The lowest BCUT2D eigenvalue weighted by atomic mass is 10.1. The van der Waals surface area contributed by atoms with Gasteiger partial charge in [0, 0.05) is 18.1 Å². The van der Waals surface area contributed by atoms with Gasteiger partial charge in [-0.1, -0.05) is 0 Å². The van der Waals surface area contributed by atoms with Crippen molar-refractivity contribution in [2.45, 2.75) is 26.3 Å². The predicted octanol–water partition coefficient (Wildman–Crippen LogP) is 2.59. The Morgan fingerprint density at radius 2 is 2.19 bits per heavy atom. The Bertz CT molecular complexity index is 732. The summed E-state index contributed by atoms with van der Waals surface area (Å²) in [5.41, 5.74) is 0.384. The quantitative estimate of drug-likeness (QED) is 0.671. The van der Waals surface area contributed by atoms with E-state index in [1.165, 1.54) is 0 Å². The molecule has 8 heteroatoms. The molecule has 0 aliphatic heterocycles. The number of aromatic nitrogens is 5. The number of H-pyrrole nitrogens is 1. The van der Waals surface area contributed by atoms with Crippen molar-refractivity contribution in [2.24, 2.45) is 0 Å². The van der Waals surface area contributed by atoms with Crippen LogP contribution in [-0.4, -0.2) is 31.7 Å². The number of thiazole rings is 1. The molecule has 0 atom stereocenters. The van der Waals surface area contributed by atoms with Gasteiger partial charge in [0.15, 0.2) is 5.65 Å². The zero-order chi connectivity index (χ0) is 14.9. The molecule has 3 N–H and O–H groups in total. The Kier molecular flexibility index (Phi) is 3.46. The van der Waals surface area contributed by atoms with E-state index >= 15 is 0 Å². The van der Waals surface area contributed by atoms with Gasteiger partial charge in [-0.25, -0.2) is 4.98 Å². The molecule has 110 valence electrons. The SMILES string of the molecule is CCNc1nc(NC(C)(C)c2nccs2)c2cn[nH]c2n1. The van der Waals surface area contributed by atoms with Crippen LogP contribution in [0.1, 0.15) is 25.8 Å². The minimum Gasteiger partial charge on any atom is -0.358 e. The van der Waals surface area contributed by atoms with Crippen molar-refractivity contribution in [1.29, 1.82) is 0 Å². The summed E-state index contributed by atoms with van der Waals surface area (Å²) in [5, 5.41) is 17.3. The van der Waals surface area contributed by atoms with Crippen molar-refractivity contribution in [3.8, 4) is 0 Å². The van der Waals surface area contributed by atoms with Gasteiger partial charge in [0.1, 0.15) is 10.8 Å². The zero-order valence-corrected chi connectivity index (χ0v) is 13.0. The first-order valence-corrected chi connectivity index (χ1v) is 7.61. The number of aromatic amines is 1. The highest BCUT2D eigenvalue weighted by Gasteiger charge is 2.25.